The van der Waals surface area contributed by atoms with E-state index in [-0.39, 0.29) is 17.4 Å². The Morgan fingerprint density at radius 1 is 1.26 bits per heavy atom. The van der Waals surface area contributed by atoms with Gasteiger partial charge in [-0.25, -0.2) is 0 Å². The molecule has 1 atom stereocenters. The zero-order valence-corrected chi connectivity index (χ0v) is 12.6. The molecule has 0 amide bonds. The van der Waals surface area contributed by atoms with Crippen LogP contribution in [0.4, 0.5) is 0 Å². The summed E-state index contributed by atoms with van der Waals surface area (Å²) in [6, 6.07) is 8.79. The van der Waals surface area contributed by atoms with Gasteiger partial charge in [-0.15, -0.1) is 0 Å². The van der Waals surface area contributed by atoms with Crippen LogP contribution in [0.5, 0.6) is 0 Å². The zero-order valence-electron chi connectivity index (χ0n) is 12.6. The first-order valence-electron chi connectivity index (χ1n) is 6.73. The third-order valence-corrected chi connectivity index (χ3v) is 3.39. The molecule has 1 aromatic rings. The van der Waals surface area contributed by atoms with Gasteiger partial charge in [0, 0.05) is 12.5 Å². The fourth-order valence-corrected chi connectivity index (χ4v) is 2.06. The number of methoxy groups -OCH3 is 1. The predicted molar refractivity (Wildman–Crippen MR) is 78.2 cm³/mol. The highest BCUT2D eigenvalue weighted by Crippen LogP contribution is 2.25. The maximum atomic E-state index is 11.2. The van der Waals surface area contributed by atoms with Crippen LogP contribution in [0, 0.1) is 0 Å². The number of benzene rings is 1. The van der Waals surface area contributed by atoms with Crippen molar-refractivity contribution < 1.29 is 9.53 Å². The number of rotatable bonds is 5. The van der Waals surface area contributed by atoms with Crippen molar-refractivity contribution in [1.29, 1.82) is 0 Å². The Labute approximate surface area is 116 Å². The molecule has 0 radical (unpaired) electrons. The predicted octanol–water partition coefficient (Wildman–Crippen LogP) is 3.20. The van der Waals surface area contributed by atoms with E-state index >= 15 is 0 Å². The summed E-state index contributed by atoms with van der Waals surface area (Å²) in [6.07, 6.45) is 1.18. The highest BCUT2D eigenvalue weighted by atomic mass is 16.5. The molecule has 3 nitrogen and oxygen atoms in total. The largest absolute Gasteiger partial charge is 0.469 e. The normalized spacial score (nSPS) is 13.1. The molecule has 0 bridgehead atoms. The molecular weight excluding hydrogens is 238 g/mol. The van der Waals surface area contributed by atoms with Gasteiger partial charge in [0.2, 0.25) is 0 Å². The fraction of sp³-hybridized carbons (Fsp3) is 0.562. The van der Waals surface area contributed by atoms with Crippen molar-refractivity contribution in [3.05, 3.63) is 35.4 Å². The van der Waals surface area contributed by atoms with Crippen LogP contribution < -0.4 is 5.32 Å². The van der Waals surface area contributed by atoms with E-state index in [9.17, 15) is 4.79 Å². The summed E-state index contributed by atoms with van der Waals surface area (Å²) in [6.45, 7) is 6.61. The van der Waals surface area contributed by atoms with Crippen LogP contribution in [0.2, 0.25) is 0 Å². The molecule has 0 aliphatic carbocycles. The minimum atomic E-state index is -0.161. The molecule has 1 unspecified atom stereocenters. The standard InChI is InChI=1S/C16H25NO2/c1-16(2,3)13-8-6-12(7-9-13)14(17-4)10-11-15(18)19-5/h6-9,14,17H,10-11H2,1-5H3. The molecule has 19 heavy (non-hydrogen) atoms. The number of esters is 1. The van der Waals surface area contributed by atoms with Crippen molar-refractivity contribution >= 4 is 5.97 Å². The van der Waals surface area contributed by atoms with Crippen LogP contribution in [0.3, 0.4) is 0 Å². The molecule has 3 heteroatoms. The van der Waals surface area contributed by atoms with Crippen LogP contribution in [0.15, 0.2) is 24.3 Å². The summed E-state index contributed by atoms with van der Waals surface area (Å²) < 4.78 is 4.68. The van der Waals surface area contributed by atoms with Gasteiger partial charge in [0.15, 0.2) is 0 Å². The van der Waals surface area contributed by atoms with E-state index in [0.717, 1.165) is 6.42 Å². The second-order valence-corrected chi connectivity index (χ2v) is 5.83. The highest BCUT2D eigenvalue weighted by Gasteiger charge is 2.15. The minimum Gasteiger partial charge on any atom is -0.469 e. The molecule has 1 rings (SSSR count). The highest BCUT2D eigenvalue weighted by molar-refractivity contribution is 5.69. The van der Waals surface area contributed by atoms with Gasteiger partial charge >= 0.3 is 5.97 Å². The van der Waals surface area contributed by atoms with Crippen molar-refractivity contribution in [2.75, 3.05) is 14.2 Å². The maximum Gasteiger partial charge on any atom is 0.305 e. The molecule has 0 heterocycles. The van der Waals surface area contributed by atoms with Crippen molar-refractivity contribution in [3.8, 4) is 0 Å². The van der Waals surface area contributed by atoms with Crippen molar-refractivity contribution in [3.63, 3.8) is 0 Å². The van der Waals surface area contributed by atoms with Crippen LogP contribution >= 0.6 is 0 Å². The second kappa shape index (κ2) is 6.71. The van der Waals surface area contributed by atoms with E-state index in [1.807, 2.05) is 7.05 Å². The van der Waals surface area contributed by atoms with E-state index in [4.69, 9.17) is 0 Å². The second-order valence-electron chi connectivity index (χ2n) is 5.83. The summed E-state index contributed by atoms with van der Waals surface area (Å²) in [5, 5.41) is 3.25. The Bertz CT molecular complexity index is 404. The van der Waals surface area contributed by atoms with Crippen molar-refractivity contribution in [2.24, 2.45) is 0 Å². The van der Waals surface area contributed by atoms with E-state index in [2.05, 4.69) is 55.1 Å². The summed E-state index contributed by atoms with van der Waals surface area (Å²) in [5.41, 5.74) is 2.69. The quantitative estimate of drug-likeness (QED) is 0.829. The van der Waals surface area contributed by atoms with E-state index in [0.29, 0.717) is 6.42 Å². The average molecular weight is 263 g/mol. The Balaban J connectivity index is 2.74. The maximum absolute atomic E-state index is 11.2. The lowest BCUT2D eigenvalue weighted by atomic mass is 9.86. The number of carbonyl (C=O) groups is 1. The van der Waals surface area contributed by atoms with Crippen LogP contribution in [-0.4, -0.2) is 20.1 Å². The lowest BCUT2D eigenvalue weighted by molar-refractivity contribution is -0.140. The van der Waals surface area contributed by atoms with E-state index < -0.39 is 0 Å². The number of carbonyl (C=O) groups excluding carboxylic acids is 1. The molecule has 0 fully saturated rings. The van der Waals surface area contributed by atoms with Crippen LogP contribution in [0.1, 0.15) is 50.8 Å². The van der Waals surface area contributed by atoms with Crippen LogP contribution in [-0.2, 0) is 14.9 Å². The summed E-state index contributed by atoms with van der Waals surface area (Å²) >= 11 is 0. The Morgan fingerprint density at radius 2 is 1.84 bits per heavy atom. The SMILES string of the molecule is CNC(CCC(=O)OC)c1ccc(C(C)(C)C)cc1. The lowest BCUT2D eigenvalue weighted by Gasteiger charge is -2.21. The van der Waals surface area contributed by atoms with Gasteiger partial charge in [-0.3, -0.25) is 4.79 Å². The minimum absolute atomic E-state index is 0.161. The van der Waals surface area contributed by atoms with Gasteiger partial charge in [0.1, 0.15) is 0 Å². The van der Waals surface area contributed by atoms with E-state index in [1.165, 1.54) is 18.2 Å². The first-order chi connectivity index (χ1) is 8.88. The van der Waals surface area contributed by atoms with Gasteiger partial charge in [-0.1, -0.05) is 45.0 Å². The Morgan fingerprint density at radius 3 is 2.26 bits per heavy atom. The molecule has 106 valence electrons. The van der Waals surface area contributed by atoms with Gasteiger partial charge in [0.05, 0.1) is 7.11 Å². The summed E-state index contributed by atoms with van der Waals surface area (Å²) in [4.78, 5) is 11.2. The van der Waals surface area contributed by atoms with Gasteiger partial charge < -0.3 is 10.1 Å². The fourth-order valence-electron chi connectivity index (χ4n) is 2.06. The molecular formula is C16H25NO2. The number of nitrogens with one attached hydrogen (secondary N) is 1. The summed E-state index contributed by atoms with van der Waals surface area (Å²) in [7, 11) is 3.34. The van der Waals surface area contributed by atoms with Crippen molar-refractivity contribution in [1.82, 2.24) is 5.32 Å². The molecule has 1 N–H and O–H groups in total. The zero-order chi connectivity index (χ0) is 14.5. The lowest BCUT2D eigenvalue weighted by Crippen LogP contribution is -2.18. The first-order valence-corrected chi connectivity index (χ1v) is 6.73. The van der Waals surface area contributed by atoms with Gasteiger partial charge in [0.25, 0.3) is 0 Å². The molecule has 0 aromatic heterocycles. The van der Waals surface area contributed by atoms with Gasteiger partial charge in [-0.05, 0) is 30.0 Å². The monoisotopic (exact) mass is 263 g/mol. The topological polar surface area (TPSA) is 38.3 Å². The van der Waals surface area contributed by atoms with Gasteiger partial charge in [-0.2, -0.15) is 0 Å². The Kier molecular flexibility index (Phi) is 5.55. The molecule has 1 aromatic carbocycles. The number of hydrogen-bond acceptors (Lipinski definition) is 3. The number of ether oxygens (including phenoxy) is 1. The molecule has 0 spiro atoms. The molecule has 0 saturated carbocycles. The van der Waals surface area contributed by atoms with Crippen LogP contribution in [0.25, 0.3) is 0 Å². The number of hydrogen-bond donors (Lipinski definition) is 1. The molecule has 0 aliphatic heterocycles. The third kappa shape index (κ3) is 4.67. The molecule has 0 aliphatic rings. The molecule has 0 saturated heterocycles. The Hall–Kier alpha value is -1.35. The summed E-state index contributed by atoms with van der Waals surface area (Å²) in [5.74, 6) is -0.161. The smallest absolute Gasteiger partial charge is 0.305 e. The van der Waals surface area contributed by atoms with Crippen molar-refractivity contribution in [2.45, 2.75) is 45.1 Å². The van der Waals surface area contributed by atoms with E-state index in [1.54, 1.807) is 0 Å². The first kappa shape index (κ1) is 15.7. The average Bonchev–Trinajstić information content (AvgIpc) is 2.38. The third-order valence-electron chi connectivity index (χ3n) is 3.39.